The number of nitrogens with one attached hydrogen (secondary N) is 1. The first-order chi connectivity index (χ1) is 11.4. The van der Waals surface area contributed by atoms with Gasteiger partial charge in [-0.1, -0.05) is 18.2 Å². The van der Waals surface area contributed by atoms with Gasteiger partial charge in [-0.15, -0.1) is 17.5 Å². The van der Waals surface area contributed by atoms with Crippen LogP contribution in [0.5, 0.6) is 0 Å². The van der Waals surface area contributed by atoms with Gasteiger partial charge in [-0.25, -0.2) is 17.9 Å². The van der Waals surface area contributed by atoms with Crippen LogP contribution < -0.4 is 11.1 Å². The molecule has 0 atom stereocenters. The Bertz CT molecular complexity index is 1020. The number of benzene rings is 1. The van der Waals surface area contributed by atoms with Gasteiger partial charge in [0.05, 0.1) is 4.90 Å². The van der Waals surface area contributed by atoms with E-state index in [1.165, 1.54) is 4.52 Å². The normalized spacial score (nSPS) is 11.4. The van der Waals surface area contributed by atoms with Crippen LogP contribution >= 0.6 is 12.4 Å². The van der Waals surface area contributed by atoms with E-state index in [1.54, 1.807) is 37.4 Å². The van der Waals surface area contributed by atoms with Crippen LogP contribution in [0.3, 0.4) is 0 Å². The Morgan fingerprint density at radius 2 is 1.84 bits per heavy atom. The lowest BCUT2D eigenvalue weighted by Gasteiger charge is -2.09. The number of rotatable bonds is 4. The number of anilines is 1. The molecule has 25 heavy (non-hydrogen) atoms. The number of hydrogen-bond donors (Lipinski definition) is 2. The number of aromatic nitrogens is 3. The van der Waals surface area contributed by atoms with Crippen LogP contribution in [0, 0.1) is 13.8 Å². The minimum absolute atomic E-state index is 0. The molecule has 134 valence electrons. The number of halogens is 1. The third-order valence-electron chi connectivity index (χ3n) is 4.05. The van der Waals surface area contributed by atoms with E-state index in [1.807, 2.05) is 13.8 Å². The summed E-state index contributed by atoms with van der Waals surface area (Å²) in [5, 5.41) is 7.24. The Labute approximate surface area is 152 Å². The molecule has 2 aromatic heterocycles. The number of fused-ring (bicyclic) bond motifs is 1. The van der Waals surface area contributed by atoms with Gasteiger partial charge in [0.25, 0.3) is 0 Å². The lowest BCUT2D eigenvalue weighted by Crippen LogP contribution is -2.10. The number of aryl methyl sites for hydroxylation is 2. The Morgan fingerprint density at radius 3 is 2.40 bits per heavy atom. The van der Waals surface area contributed by atoms with Crippen LogP contribution in [0.2, 0.25) is 0 Å². The largest absolute Gasteiger partial charge is 0.370 e. The zero-order valence-electron chi connectivity index (χ0n) is 14.1. The van der Waals surface area contributed by atoms with Crippen molar-refractivity contribution < 1.29 is 8.42 Å². The third kappa shape index (κ3) is 2.97. The van der Waals surface area contributed by atoms with Crippen LogP contribution in [0.15, 0.2) is 40.1 Å². The number of hydrogen-bond acceptors (Lipinski definition) is 6. The quantitative estimate of drug-likeness (QED) is 0.717. The monoisotopic (exact) mass is 381 g/mol. The van der Waals surface area contributed by atoms with Crippen molar-refractivity contribution in [2.24, 2.45) is 5.73 Å². The second-order valence-corrected chi connectivity index (χ2v) is 7.33. The Balaban J connectivity index is 0.00000225. The summed E-state index contributed by atoms with van der Waals surface area (Å²) in [7, 11) is -2.12. The maximum atomic E-state index is 13.1. The summed E-state index contributed by atoms with van der Waals surface area (Å²) < 4.78 is 27.8. The van der Waals surface area contributed by atoms with Gasteiger partial charge in [0, 0.05) is 30.5 Å². The summed E-state index contributed by atoms with van der Waals surface area (Å²) in [5.74, 6) is 0.267. The summed E-state index contributed by atoms with van der Waals surface area (Å²) in [4.78, 5) is 4.75. The highest BCUT2D eigenvalue weighted by molar-refractivity contribution is 7.91. The van der Waals surface area contributed by atoms with Gasteiger partial charge in [-0.2, -0.15) is 0 Å². The molecule has 0 fully saturated rings. The van der Waals surface area contributed by atoms with Crippen LogP contribution in [0.25, 0.3) is 5.65 Å². The average Bonchev–Trinajstić information content (AvgIpc) is 2.95. The van der Waals surface area contributed by atoms with E-state index in [9.17, 15) is 8.42 Å². The molecule has 0 amide bonds. The fraction of sp³-hybridized carbons (Fsp3) is 0.250. The first kappa shape index (κ1) is 19.2. The molecular weight excluding hydrogens is 362 g/mol. The van der Waals surface area contributed by atoms with E-state index in [0.29, 0.717) is 17.9 Å². The predicted octanol–water partition coefficient (Wildman–Crippen LogP) is 2.10. The Morgan fingerprint density at radius 1 is 1.20 bits per heavy atom. The molecule has 9 heteroatoms. The van der Waals surface area contributed by atoms with E-state index in [4.69, 9.17) is 5.73 Å². The topological polar surface area (TPSA) is 102 Å². The van der Waals surface area contributed by atoms with E-state index < -0.39 is 9.84 Å². The number of sulfone groups is 1. The van der Waals surface area contributed by atoms with Gasteiger partial charge >= 0.3 is 0 Å². The maximum absolute atomic E-state index is 13.1. The van der Waals surface area contributed by atoms with Crippen molar-refractivity contribution >= 4 is 33.7 Å². The molecule has 0 spiro atoms. The zero-order chi connectivity index (χ0) is 17.5. The molecule has 7 nitrogen and oxygen atoms in total. The maximum Gasteiger partial charge on any atom is 0.214 e. The van der Waals surface area contributed by atoms with Crippen molar-refractivity contribution in [3.8, 4) is 0 Å². The zero-order valence-corrected chi connectivity index (χ0v) is 15.8. The molecule has 0 saturated heterocycles. The van der Waals surface area contributed by atoms with E-state index in [-0.39, 0.29) is 28.0 Å². The fourth-order valence-corrected chi connectivity index (χ4v) is 4.29. The molecule has 0 radical (unpaired) electrons. The lowest BCUT2D eigenvalue weighted by molar-refractivity contribution is 0.597. The van der Waals surface area contributed by atoms with Crippen LogP contribution in [-0.2, 0) is 16.4 Å². The second kappa shape index (κ2) is 6.99. The highest BCUT2D eigenvalue weighted by atomic mass is 35.5. The molecule has 0 aliphatic heterocycles. The number of nitrogens with zero attached hydrogens (tertiary/aromatic N) is 3. The minimum Gasteiger partial charge on any atom is -0.370 e. The molecular formula is C16H20ClN5O2S. The van der Waals surface area contributed by atoms with Crippen molar-refractivity contribution in [2.75, 3.05) is 12.4 Å². The van der Waals surface area contributed by atoms with Crippen molar-refractivity contribution in [1.29, 1.82) is 0 Å². The summed E-state index contributed by atoms with van der Waals surface area (Å²) >= 11 is 0. The highest BCUT2D eigenvalue weighted by Gasteiger charge is 2.29. The molecule has 0 aliphatic rings. The molecule has 0 saturated carbocycles. The van der Waals surface area contributed by atoms with Crippen molar-refractivity contribution in [1.82, 2.24) is 14.6 Å². The molecule has 2 heterocycles. The molecule has 3 aromatic rings. The summed E-state index contributed by atoms with van der Waals surface area (Å²) in [5.41, 5.74) is 8.43. The molecule has 1 aromatic carbocycles. The summed E-state index contributed by atoms with van der Waals surface area (Å²) in [6.45, 7) is 3.99. The van der Waals surface area contributed by atoms with E-state index >= 15 is 0 Å². The Kier molecular flexibility index (Phi) is 5.36. The lowest BCUT2D eigenvalue weighted by atomic mass is 10.2. The van der Waals surface area contributed by atoms with Gasteiger partial charge in [-0.3, -0.25) is 0 Å². The van der Waals surface area contributed by atoms with Gasteiger partial charge in [0.15, 0.2) is 16.4 Å². The number of nitrogens with two attached hydrogens (primary N) is 1. The Hall–Kier alpha value is -2.16. The standard InChI is InChI=1S/C16H19N5O2S.ClH/c1-10-13(9-17)11(2)21-16(19-10)14(15(18-3)20-21)24(22,23)12-7-5-4-6-8-12;/h4-8H,9,17H2,1-3H3,(H,18,20);1H. The van der Waals surface area contributed by atoms with Gasteiger partial charge in [0.1, 0.15) is 0 Å². The molecule has 0 aliphatic carbocycles. The molecule has 3 rings (SSSR count). The van der Waals surface area contributed by atoms with E-state index in [2.05, 4.69) is 15.4 Å². The minimum atomic E-state index is -3.76. The third-order valence-corrected chi connectivity index (χ3v) is 5.85. The molecule has 3 N–H and O–H groups in total. The predicted molar refractivity (Wildman–Crippen MR) is 99.0 cm³/mol. The van der Waals surface area contributed by atoms with Gasteiger partial charge in [0.2, 0.25) is 9.84 Å². The van der Waals surface area contributed by atoms with Gasteiger partial charge < -0.3 is 11.1 Å². The fourth-order valence-electron chi connectivity index (χ4n) is 2.77. The second-order valence-electron chi connectivity index (χ2n) is 5.44. The molecule has 0 bridgehead atoms. The first-order valence-electron chi connectivity index (χ1n) is 7.48. The van der Waals surface area contributed by atoms with Crippen LogP contribution in [0.4, 0.5) is 5.82 Å². The first-order valence-corrected chi connectivity index (χ1v) is 8.97. The summed E-state index contributed by atoms with van der Waals surface area (Å²) in [6, 6.07) is 8.27. The van der Waals surface area contributed by atoms with Crippen molar-refractivity contribution in [3.63, 3.8) is 0 Å². The van der Waals surface area contributed by atoms with E-state index in [0.717, 1.165) is 11.3 Å². The van der Waals surface area contributed by atoms with Crippen LogP contribution in [-0.4, -0.2) is 30.1 Å². The molecule has 0 unspecified atom stereocenters. The average molecular weight is 382 g/mol. The summed E-state index contributed by atoms with van der Waals surface area (Å²) in [6.07, 6.45) is 0. The van der Waals surface area contributed by atoms with Gasteiger partial charge in [-0.05, 0) is 26.0 Å². The SMILES string of the molecule is CNc1nn2c(C)c(CN)c(C)nc2c1S(=O)(=O)c1ccccc1.Cl. The van der Waals surface area contributed by atoms with Crippen molar-refractivity contribution in [3.05, 3.63) is 47.3 Å². The smallest absolute Gasteiger partial charge is 0.214 e. The van der Waals surface area contributed by atoms with Crippen molar-refractivity contribution in [2.45, 2.75) is 30.2 Å². The van der Waals surface area contributed by atoms with Crippen LogP contribution in [0.1, 0.15) is 17.0 Å². The highest BCUT2D eigenvalue weighted by Crippen LogP contribution is 2.31.